The summed E-state index contributed by atoms with van der Waals surface area (Å²) < 4.78 is 16.8. The van der Waals surface area contributed by atoms with Crippen LogP contribution in [0.4, 0.5) is 0 Å². The summed E-state index contributed by atoms with van der Waals surface area (Å²) >= 11 is 0. The molecule has 4 rings (SSSR count). The van der Waals surface area contributed by atoms with Crippen LogP contribution in [0.2, 0.25) is 0 Å². The zero-order valence-corrected chi connectivity index (χ0v) is 24.6. The fourth-order valence-electron chi connectivity index (χ4n) is 7.07. The number of ether oxygens (including phenoxy) is 3. The molecule has 0 aromatic heterocycles. The number of carbonyl (C=O) groups excluding carboxylic acids is 2. The Morgan fingerprint density at radius 3 is 2.63 bits per heavy atom. The second-order valence-electron chi connectivity index (χ2n) is 12.2. The first-order valence-electron chi connectivity index (χ1n) is 15.4. The minimum atomic E-state index is -1.00. The molecule has 9 nitrogen and oxygen atoms in total. The van der Waals surface area contributed by atoms with Gasteiger partial charge in [0.25, 0.3) is 0 Å². The molecule has 2 fully saturated rings. The molecular weight excluding hydrogens is 526 g/mol. The Morgan fingerprint density at radius 2 is 1.90 bits per heavy atom. The van der Waals surface area contributed by atoms with E-state index < -0.39 is 12.1 Å². The number of benzene rings is 1. The number of fused-ring (bicyclic) bond motifs is 2. The number of hydrogen-bond donors (Lipinski definition) is 2. The molecular formula is C32H47NO8. The zero-order valence-electron chi connectivity index (χ0n) is 24.6. The molecule has 1 saturated heterocycles. The number of amides is 1. The van der Waals surface area contributed by atoms with Crippen LogP contribution in [-0.4, -0.2) is 78.1 Å². The molecule has 0 spiro atoms. The SMILES string of the molecule is CCCCC[C@@H](CCC1(C)[C@H](O)C[C@@H]2Cc3c(cccc3OCC(=O)O)C[C@@H]21)OC(=O)CCC(=O)N1CCOCC1. The van der Waals surface area contributed by atoms with E-state index in [1.807, 2.05) is 12.1 Å². The fourth-order valence-corrected chi connectivity index (χ4v) is 7.07. The van der Waals surface area contributed by atoms with Crippen LogP contribution in [0.1, 0.15) is 82.8 Å². The number of aliphatic hydroxyl groups excluding tert-OH is 1. The van der Waals surface area contributed by atoms with Crippen molar-refractivity contribution >= 4 is 17.8 Å². The molecule has 1 aliphatic heterocycles. The minimum Gasteiger partial charge on any atom is -0.482 e. The van der Waals surface area contributed by atoms with E-state index in [2.05, 4.69) is 19.9 Å². The van der Waals surface area contributed by atoms with Crippen LogP contribution in [0.5, 0.6) is 5.75 Å². The van der Waals surface area contributed by atoms with Crippen molar-refractivity contribution in [3.8, 4) is 5.75 Å². The van der Waals surface area contributed by atoms with E-state index in [0.29, 0.717) is 44.9 Å². The van der Waals surface area contributed by atoms with Gasteiger partial charge in [0, 0.05) is 19.5 Å². The smallest absolute Gasteiger partial charge is 0.341 e. The molecule has 5 atom stereocenters. The highest BCUT2D eigenvalue weighted by molar-refractivity contribution is 5.81. The van der Waals surface area contributed by atoms with Crippen molar-refractivity contribution in [3.05, 3.63) is 29.3 Å². The maximum Gasteiger partial charge on any atom is 0.341 e. The van der Waals surface area contributed by atoms with Gasteiger partial charge in [-0.25, -0.2) is 4.79 Å². The van der Waals surface area contributed by atoms with Gasteiger partial charge in [-0.1, -0.05) is 38.8 Å². The fraction of sp³-hybridized carbons (Fsp3) is 0.719. The topological polar surface area (TPSA) is 123 Å². The first-order valence-corrected chi connectivity index (χ1v) is 15.4. The van der Waals surface area contributed by atoms with Crippen molar-refractivity contribution < 1.29 is 38.8 Å². The van der Waals surface area contributed by atoms with Crippen LogP contribution in [0.25, 0.3) is 0 Å². The molecule has 1 saturated carbocycles. The number of esters is 1. The second kappa shape index (κ2) is 14.5. The first-order chi connectivity index (χ1) is 19.7. The second-order valence-corrected chi connectivity index (χ2v) is 12.2. The molecule has 1 unspecified atom stereocenters. The van der Waals surface area contributed by atoms with Crippen LogP contribution < -0.4 is 4.74 Å². The molecule has 0 bridgehead atoms. The number of morpholine rings is 1. The molecule has 9 heteroatoms. The van der Waals surface area contributed by atoms with E-state index >= 15 is 0 Å². The van der Waals surface area contributed by atoms with E-state index in [0.717, 1.165) is 56.1 Å². The summed E-state index contributed by atoms with van der Waals surface area (Å²) in [6, 6.07) is 5.82. The van der Waals surface area contributed by atoms with E-state index in [1.165, 1.54) is 0 Å². The molecule has 1 amide bonds. The van der Waals surface area contributed by atoms with Gasteiger partial charge in [-0.05, 0) is 79.4 Å². The molecule has 0 radical (unpaired) electrons. The Labute approximate surface area is 243 Å². The molecule has 41 heavy (non-hydrogen) atoms. The molecule has 1 aromatic carbocycles. The number of rotatable bonds is 14. The van der Waals surface area contributed by atoms with Gasteiger partial charge in [-0.15, -0.1) is 0 Å². The lowest BCUT2D eigenvalue weighted by Gasteiger charge is -2.40. The van der Waals surface area contributed by atoms with Crippen LogP contribution in [0, 0.1) is 17.3 Å². The average Bonchev–Trinajstić information content (AvgIpc) is 3.21. The van der Waals surface area contributed by atoms with Crippen molar-refractivity contribution in [1.29, 1.82) is 0 Å². The quantitative estimate of drug-likeness (QED) is 0.251. The van der Waals surface area contributed by atoms with Gasteiger partial charge in [-0.3, -0.25) is 9.59 Å². The van der Waals surface area contributed by atoms with Gasteiger partial charge >= 0.3 is 11.9 Å². The number of unbranched alkanes of at least 4 members (excludes halogenated alkanes) is 2. The van der Waals surface area contributed by atoms with Gasteiger partial charge in [0.1, 0.15) is 11.9 Å². The monoisotopic (exact) mass is 573 g/mol. The summed E-state index contributed by atoms with van der Waals surface area (Å²) in [4.78, 5) is 38.1. The summed E-state index contributed by atoms with van der Waals surface area (Å²) in [5, 5.41) is 20.4. The standard InChI is InChI=1S/C32H47NO8/c1-3-4-5-8-24(41-31(38)11-10-29(35)33-14-16-39-17-15-33)12-13-32(2)26-19-22-7-6-9-27(40-21-30(36)37)25(22)18-23(26)20-28(32)34/h6-7,9,23-24,26,28,34H,3-5,8,10-21H2,1-2H3,(H,36,37)/t23-,24-,26-,28+,32?/m0/s1. The Morgan fingerprint density at radius 1 is 1.12 bits per heavy atom. The third-order valence-corrected chi connectivity index (χ3v) is 9.53. The van der Waals surface area contributed by atoms with Crippen LogP contribution in [-0.2, 0) is 36.7 Å². The highest BCUT2D eigenvalue weighted by atomic mass is 16.5. The van der Waals surface area contributed by atoms with Crippen molar-refractivity contribution in [2.45, 2.75) is 96.7 Å². The Kier molecular flexibility index (Phi) is 11.1. The average molecular weight is 574 g/mol. The Balaban J connectivity index is 1.37. The lowest BCUT2D eigenvalue weighted by Crippen LogP contribution is -2.40. The molecule has 2 aliphatic carbocycles. The minimum absolute atomic E-state index is 0.0329. The molecule has 3 aliphatic rings. The molecule has 1 heterocycles. The van der Waals surface area contributed by atoms with Gasteiger partial charge in [-0.2, -0.15) is 0 Å². The van der Waals surface area contributed by atoms with Crippen molar-refractivity contribution in [2.75, 3.05) is 32.9 Å². The highest BCUT2D eigenvalue weighted by Crippen LogP contribution is 2.55. The predicted molar refractivity (Wildman–Crippen MR) is 153 cm³/mol. The summed E-state index contributed by atoms with van der Waals surface area (Å²) in [7, 11) is 0. The summed E-state index contributed by atoms with van der Waals surface area (Å²) in [5.41, 5.74) is 1.90. The van der Waals surface area contributed by atoms with E-state index in [1.54, 1.807) is 4.90 Å². The maximum absolute atomic E-state index is 12.8. The van der Waals surface area contributed by atoms with Gasteiger partial charge in [0.15, 0.2) is 6.61 Å². The van der Waals surface area contributed by atoms with Gasteiger partial charge in [0.05, 0.1) is 25.7 Å². The van der Waals surface area contributed by atoms with Crippen LogP contribution in [0.3, 0.4) is 0 Å². The maximum atomic E-state index is 12.8. The molecule has 2 N–H and O–H groups in total. The van der Waals surface area contributed by atoms with Crippen molar-refractivity contribution in [1.82, 2.24) is 4.90 Å². The number of aliphatic carboxylic acids is 1. The number of carboxylic acid groups (broad SMARTS) is 1. The number of aliphatic hydroxyl groups is 1. The van der Waals surface area contributed by atoms with E-state index in [-0.39, 0.29) is 54.7 Å². The van der Waals surface area contributed by atoms with E-state index in [9.17, 15) is 19.5 Å². The van der Waals surface area contributed by atoms with Crippen molar-refractivity contribution in [2.24, 2.45) is 17.3 Å². The van der Waals surface area contributed by atoms with E-state index in [4.69, 9.17) is 19.3 Å². The largest absolute Gasteiger partial charge is 0.482 e. The Bertz CT molecular complexity index is 1050. The number of hydrogen-bond acceptors (Lipinski definition) is 7. The molecule has 228 valence electrons. The summed E-state index contributed by atoms with van der Waals surface area (Å²) in [6.07, 6.45) is 7.11. The highest BCUT2D eigenvalue weighted by Gasteiger charge is 2.52. The summed E-state index contributed by atoms with van der Waals surface area (Å²) in [6.45, 7) is 6.15. The van der Waals surface area contributed by atoms with Crippen LogP contribution in [0.15, 0.2) is 18.2 Å². The van der Waals surface area contributed by atoms with Crippen molar-refractivity contribution in [3.63, 3.8) is 0 Å². The first kappa shape index (κ1) is 31.3. The third-order valence-electron chi connectivity index (χ3n) is 9.53. The predicted octanol–water partition coefficient (Wildman–Crippen LogP) is 4.16. The zero-order chi connectivity index (χ0) is 29.4. The number of carbonyl (C=O) groups is 3. The van der Waals surface area contributed by atoms with Crippen LogP contribution >= 0.6 is 0 Å². The third kappa shape index (κ3) is 8.01. The number of carboxylic acids is 1. The summed E-state index contributed by atoms with van der Waals surface area (Å²) in [5.74, 6) is -0.181. The lowest BCUT2D eigenvalue weighted by atomic mass is 9.66. The number of nitrogens with zero attached hydrogens (tertiary/aromatic N) is 1. The normalized spacial score (nSPS) is 26.1. The van der Waals surface area contributed by atoms with Gasteiger partial charge < -0.3 is 29.3 Å². The lowest BCUT2D eigenvalue weighted by molar-refractivity contribution is -0.152. The van der Waals surface area contributed by atoms with Gasteiger partial charge in [0.2, 0.25) is 5.91 Å². The Hall–Kier alpha value is -2.65. The molecule has 1 aromatic rings.